The van der Waals surface area contributed by atoms with Crippen molar-refractivity contribution in [2.24, 2.45) is 0 Å². The van der Waals surface area contributed by atoms with E-state index in [1.165, 1.54) is 23.1 Å². The number of carbonyl (C=O) groups is 2. The van der Waals surface area contributed by atoms with Crippen LogP contribution in [0.5, 0.6) is 0 Å². The van der Waals surface area contributed by atoms with Gasteiger partial charge in [-0.1, -0.05) is 12.1 Å². The Hall–Kier alpha value is -1.95. The number of aliphatic carboxylic acids is 1. The first-order valence-corrected chi connectivity index (χ1v) is 6.42. The van der Waals surface area contributed by atoms with Gasteiger partial charge in [0.2, 0.25) is 5.91 Å². The summed E-state index contributed by atoms with van der Waals surface area (Å²) >= 11 is 0. The van der Waals surface area contributed by atoms with Crippen LogP contribution in [-0.4, -0.2) is 39.6 Å². The Balaban J connectivity index is 2.00. The van der Waals surface area contributed by atoms with Crippen LogP contribution in [0.25, 0.3) is 0 Å². The summed E-state index contributed by atoms with van der Waals surface area (Å²) in [6.45, 7) is -0.362. The van der Waals surface area contributed by atoms with E-state index in [-0.39, 0.29) is 19.0 Å². The van der Waals surface area contributed by atoms with Crippen molar-refractivity contribution in [1.82, 2.24) is 4.90 Å². The molecular formula is C14H16FNO4. The van der Waals surface area contributed by atoms with Crippen LogP contribution in [0.1, 0.15) is 30.9 Å². The topological polar surface area (TPSA) is 77.8 Å². The van der Waals surface area contributed by atoms with Gasteiger partial charge in [0.25, 0.3) is 0 Å². The normalized spacial score (nSPS) is 15.7. The van der Waals surface area contributed by atoms with E-state index in [1.807, 2.05) is 0 Å². The third kappa shape index (κ3) is 3.77. The molecule has 6 heteroatoms. The van der Waals surface area contributed by atoms with Gasteiger partial charge in [0.05, 0.1) is 12.5 Å². The summed E-state index contributed by atoms with van der Waals surface area (Å²) in [4.78, 5) is 24.0. The predicted octanol–water partition coefficient (Wildman–Crippen LogP) is 1.32. The van der Waals surface area contributed by atoms with Crippen LogP contribution < -0.4 is 0 Å². The first-order valence-electron chi connectivity index (χ1n) is 6.42. The fraction of sp³-hybridized carbons (Fsp3) is 0.429. The number of rotatable bonds is 6. The van der Waals surface area contributed by atoms with E-state index in [0.717, 1.165) is 18.9 Å². The Kier molecular flexibility index (Phi) is 4.34. The molecule has 1 aliphatic carbocycles. The van der Waals surface area contributed by atoms with Gasteiger partial charge in [0.1, 0.15) is 12.4 Å². The van der Waals surface area contributed by atoms with Gasteiger partial charge in [-0.25, -0.2) is 4.39 Å². The molecule has 0 bridgehead atoms. The summed E-state index contributed by atoms with van der Waals surface area (Å²) in [5, 5.41) is 18.7. The monoisotopic (exact) mass is 281 g/mol. The molecule has 0 radical (unpaired) electrons. The van der Waals surface area contributed by atoms with Crippen LogP contribution in [0, 0.1) is 5.82 Å². The molecule has 5 nitrogen and oxygen atoms in total. The smallest absolute Gasteiger partial charge is 0.323 e. The maximum Gasteiger partial charge on any atom is 0.323 e. The zero-order valence-electron chi connectivity index (χ0n) is 10.8. The highest BCUT2D eigenvalue weighted by molar-refractivity contribution is 5.82. The molecule has 0 aromatic heterocycles. The second kappa shape index (κ2) is 6.00. The van der Waals surface area contributed by atoms with E-state index in [9.17, 15) is 19.1 Å². The Bertz CT molecular complexity index is 516. The number of aliphatic hydroxyl groups is 1. The largest absolute Gasteiger partial charge is 0.480 e. The number of hydrogen-bond acceptors (Lipinski definition) is 3. The summed E-state index contributed by atoms with van der Waals surface area (Å²) in [7, 11) is 0. The molecule has 1 aliphatic rings. The molecule has 1 aromatic carbocycles. The first kappa shape index (κ1) is 14.5. The quantitative estimate of drug-likeness (QED) is 0.824. The van der Waals surface area contributed by atoms with Crippen LogP contribution in [0.3, 0.4) is 0 Å². The fourth-order valence-electron chi connectivity index (χ4n) is 2.07. The van der Waals surface area contributed by atoms with Crippen LogP contribution >= 0.6 is 0 Å². The number of hydrogen-bond donors (Lipinski definition) is 2. The minimum absolute atomic E-state index is 0.0432. The number of carboxylic acid groups (broad SMARTS) is 1. The maximum absolute atomic E-state index is 13.0. The third-order valence-corrected chi connectivity index (χ3v) is 3.22. The molecule has 1 saturated carbocycles. The zero-order valence-corrected chi connectivity index (χ0v) is 10.8. The number of nitrogens with zero attached hydrogens (tertiary/aromatic N) is 1. The third-order valence-electron chi connectivity index (χ3n) is 3.22. The summed E-state index contributed by atoms with van der Waals surface area (Å²) < 4.78 is 13.0. The van der Waals surface area contributed by atoms with Gasteiger partial charge < -0.3 is 15.1 Å². The predicted molar refractivity (Wildman–Crippen MR) is 68.3 cm³/mol. The van der Waals surface area contributed by atoms with E-state index < -0.39 is 23.8 Å². The van der Waals surface area contributed by atoms with E-state index in [2.05, 4.69) is 0 Å². The molecule has 2 rings (SSSR count). The molecule has 0 spiro atoms. The molecule has 0 heterocycles. The van der Waals surface area contributed by atoms with Crippen LogP contribution in [0.2, 0.25) is 0 Å². The van der Waals surface area contributed by atoms with E-state index in [4.69, 9.17) is 5.11 Å². The summed E-state index contributed by atoms with van der Waals surface area (Å²) in [5.74, 6) is -1.99. The van der Waals surface area contributed by atoms with Crippen molar-refractivity contribution >= 4 is 11.9 Å². The second-order valence-electron chi connectivity index (χ2n) is 4.92. The van der Waals surface area contributed by atoms with Gasteiger partial charge in [0.15, 0.2) is 0 Å². The lowest BCUT2D eigenvalue weighted by Gasteiger charge is -2.22. The van der Waals surface area contributed by atoms with Crippen molar-refractivity contribution in [3.63, 3.8) is 0 Å². The second-order valence-corrected chi connectivity index (χ2v) is 4.92. The first-order chi connectivity index (χ1) is 9.47. The van der Waals surface area contributed by atoms with E-state index in [0.29, 0.717) is 5.56 Å². The highest BCUT2D eigenvalue weighted by Gasteiger charge is 2.34. The lowest BCUT2D eigenvalue weighted by atomic mass is 10.1. The van der Waals surface area contributed by atoms with Gasteiger partial charge in [0, 0.05) is 6.04 Å². The standard InChI is InChI=1S/C14H16FNO4/c15-10-3-1-2-9(6-10)12(17)7-13(18)16(8-14(19)20)11-4-5-11/h1-3,6,11-12,17H,4-5,7-8H2,(H,19,20). The number of carbonyl (C=O) groups excluding carboxylic acids is 1. The van der Waals surface area contributed by atoms with Crippen molar-refractivity contribution in [2.45, 2.75) is 31.4 Å². The lowest BCUT2D eigenvalue weighted by molar-refractivity contribution is -0.145. The van der Waals surface area contributed by atoms with Crippen molar-refractivity contribution < 1.29 is 24.2 Å². The van der Waals surface area contributed by atoms with E-state index in [1.54, 1.807) is 0 Å². The summed E-state index contributed by atoms with van der Waals surface area (Å²) in [6.07, 6.45) is 0.199. The molecule has 1 fully saturated rings. The van der Waals surface area contributed by atoms with Crippen LogP contribution in [0.4, 0.5) is 4.39 Å². The molecule has 0 aliphatic heterocycles. The maximum atomic E-state index is 13.0. The Morgan fingerprint density at radius 2 is 2.10 bits per heavy atom. The molecular weight excluding hydrogens is 265 g/mol. The van der Waals surface area contributed by atoms with Crippen LogP contribution in [-0.2, 0) is 9.59 Å². The van der Waals surface area contributed by atoms with Crippen molar-refractivity contribution in [1.29, 1.82) is 0 Å². The highest BCUT2D eigenvalue weighted by Crippen LogP contribution is 2.28. The summed E-state index contributed by atoms with van der Waals surface area (Å²) in [5.41, 5.74) is 0.310. The number of benzene rings is 1. The zero-order chi connectivity index (χ0) is 14.7. The van der Waals surface area contributed by atoms with Gasteiger partial charge in [-0.15, -0.1) is 0 Å². The number of halogens is 1. The number of amides is 1. The van der Waals surface area contributed by atoms with Gasteiger partial charge in [-0.2, -0.15) is 0 Å². The van der Waals surface area contributed by atoms with Gasteiger partial charge in [-0.05, 0) is 30.5 Å². The molecule has 108 valence electrons. The Morgan fingerprint density at radius 3 is 2.65 bits per heavy atom. The highest BCUT2D eigenvalue weighted by atomic mass is 19.1. The minimum Gasteiger partial charge on any atom is -0.480 e. The van der Waals surface area contributed by atoms with Gasteiger partial charge in [-0.3, -0.25) is 9.59 Å². The average Bonchev–Trinajstić information content (AvgIpc) is 3.19. The summed E-state index contributed by atoms with van der Waals surface area (Å²) in [6, 6.07) is 5.35. The van der Waals surface area contributed by atoms with E-state index >= 15 is 0 Å². The number of aliphatic hydroxyl groups excluding tert-OH is 1. The Morgan fingerprint density at radius 1 is 1.40 bits per heavy atom. The Labute approximate surface area is 115 Å². The molecule has 1 amide bonds. The molecule has 1 unspecified atom stereocenters. The molecule has 1 aromatic rings. The SMILES string of the molecule is O=C(O)CN(C(=O)CC(O)c1cccc(F)c1)C1CC1. The average molecular weight is 281 g/mol. The van der Waals surface area contributed by atoms with Crippen molar-refractivity contribution in [3.8, 4) is 0 Å². The number of carboxylic acids is 1. The molecule has 0 saturated heterocycles. The lowest BCUT2D eigenvalue weighted by Crippen LogP contribution is -2.38. The van der Waals surface area contributed by atoms with Crippen molar-refractivity contribution in [2.75, 3.05) is 6.54 Å². The minimum atomic E-state index is -1.13. The van der Waals surface area contributed by atoms with Gasteiger partial charge >= 0.3 is 5.97 Å². The molecule has 2 N–H and O–H groups in total. The van der Waals surface area contributed by atoms with Crippen LogP contribution in [0.15, 0.2) is 24.3 Å². The van der Waals surface area contributed by atoms with Crippen molar-refractivity contribution in [3.05, 3.63) is 35.6 Å². The fourth-order valence-corrected chi connectivity index (χ4v) is 2.07. The molecule has 20 heavy (non-hydrogen) atoms. The molecule has 1 atom stereocenters.